The molecule has 1 amide bonds. The van der Waals surface area contributed by atoms with Crippen LogP contribution in [0.2, 0.25) is 5.02 Å². The topological polar surface area (TPSA) is 77.7 Å². The lowest BCUT2D eigenvalue weighted by molar-refractivity contribution is -0.117. The number of halogens is 2. The molecule has 1 aromatic heterocycles. The van der Waals surface area contributed by atoms with Crippen LogP contribution in [0.15, 0.2) is 40.9 Å². The number of carbonyl (C=O) groups excluding carboxylic acids is 1. The monoisotopic (exact) mass is 417 g/mol. The van der Waals surface area contributed by atoms with Crippen LogP contribution in [0.3, 0.4) is 0 Å². The molecule has 1 aliphatic rings. The fraction of sp³-hybridized carbons (Fsp3) is 0.250. The van der Waals surface area contributed by atoms with Gasteiger partial charge in [0, 0.05) is 30.6 Å². The number of hydrogen-bond donors (Lipinski definition) is 0. The molecule has 3 aromatic rings. The lowest BCUT2D eigenvalue weighted by atomic mass is 10.1. The molecule has 150 valence electrons. The van der Waals surface area contributed by atoms with E-state index in [1.807, 2.05) is 0 Å². The molecule has 7 nitrogen and oxygen atoms in total. The van der Waals surface area contributed by atoms with E-state index in [2.05, 4.69) is 10.1 Å². The second-order valence-corrected chi connectivity index (χ2v) is 6.93. The van der Waals surface area contributed by atoms with Crippen LogP contribution in [0.5, 0.6) is 11.5 Å². The van der Waals surface area contributed by atoms with E-state index in [-0.39, 0.29) is 29.2 Å². The number of ether oxygens (including phenoxy) is 2. The summed E-state index contributed by atoms with van der Waals surface area (Å²) in [5.41, 5.74) is 1.16. The highest BCUT2D eigenvalue weighted by atomic mass is 35.5. The van der Waals surface area contributed by atoms with E-state index in [4.69, 9.17) is 25.6 Å². The Morgan fingerprint density at radius 3 is 2.76 bits per heavy atom. The van der Waals surface area contributed by atoms with Gasteiger partial charge in [0.1, 0.15) is 17.3 Å². The minimum atomic E-state index is -0.533. The Labute approximate surface area is 171 Å². The van der Waals surface area contributed by atoms with E-state index in [9.17, 15) is 9.18 Å². The first-order valence-electron chi connectivity index (χ1n) is 8.81. The van der Waals surface area contributed by atoms with Crippen LogP contribution < -0.4 is 14.4 Å². The van der Waals surface area contributed by atoms with Gasteiger partial charge >= 0.3 is 0 Å². The predicted molar refractivity (Wildman–Crippen MR) is 104 cm³/mol. The van der Waals surface area contributed by atoms with E-state index >= 15 is 0 Å². The molecule has 2 aromatic carbocycles. The highest BCUT2D eigenvalue weighted by molar-refractivity contribution is 6.31. The van der Waals surface area contributed by atoms with Gasteiger partial charge in [-0.3, -0.25) is 4.79 Å². The van der Waals surface area contributed by atoms with E-state index in [0.29, 0.717) is 35.1 Å². The van der Waals surface area contributed by atoms with Gasteiger partial charge in [-0.1, -0.05) is 16.8 Å². The molecule has 0 N–H and O–H groups in total. The Morgan fingerprint density at radius 1 is 1.21 bits per heavy atom. The smallest absolute Gasteiger partial charge is 0.261 e. The maximum atomic E-state index is 13.4. The average molecular weight is 418 g/mol. The molecule has 4 rings (SSSR count). The average Bonchev–Trinajstić information content (AvgIpc) is 3.36. The van der Waals surface area contributed by atoms with Crippen LogP contribution in [0, 0.1) is 5.82 Å². The zero-order valence-corrected chi connectivity index (χ0v) is 16.4. The Bertz CT molecular complexity index is 1070. The van der Waals surface area contributed by atoms with Crippen molar-refractivity contribution in [2.24, 2.45) is 0 Å². The molecule has 0 spiro atoms. The standard InChI is InChI=1S/C20H17ClFN3O4/c1-27-13-4-5-14(17(9-13)28-2)20-23-19(24-29-20)11-7-18(26)25(10-11)12-3-6-16(22)15(21)8-12/h3-6,8-9,11H,7,10H2,1-2H3/t11-/m1/s1. The third kappa shape index (κ3) is 3.63. The number of hydrogen-bond acceptors (Lipinski definition) is 6. The first-order valence-corrected chi connectivity index (χ1v) is 9.19. The minimum absolute atomic E-state index is 0.0350. The van der Waals surface area contributed by atoms with Gasteiger partial charge in [-0.05, 0) is 30.3 Å². The van der Waals surface area contributed by atoms with Gasteiger partial charge in [0.05, 0.1) is 24.8 Å². The molecule has 9 heteroatoms. The fourth-order valence-corrected chi connectivity index (χ4v) is 3.44. The van der Waals surface area contributed by atoms with Crippen molar-refractivity contribution >= 4 is 23.2 Å². The second kappa shape index (κ2) is 7.71. The number of amides is 1. The summed E-state index contributed by atoms with van der Waals surface area (Å²) in [4.78, 5) is 18.5. The van der Waals surface area contributed by atoms with E-state index in [1.54, 1.807) is 30.2 Å². The van der Waals surface area contributed by atoms with E-state index in [1.165, 1.54) is 25.3 Å². The number of aromatic nitrogens is 2. The summed E-state index contributed by atoms with van der Waals surface area (Å²) in [6.45, 7) is 0.347. The quantitative estimate of drug-likeness (QED) is 0.622. The van der Waals surface area contributed by atoms with Crippen molar-refractivity contribution in [3.8, 4) is 23.0 Å². The lowest BCUT2D eigenvalue weighted by Crippen LogP contribution is -2.24. The first kappa shape index (κ1) is 19.2. The number of carbonyl (C=O) groups is 1. The van der Waals surface area contributed by atoms with Gasteiger partial charge < -0.3 is 18.9 Å². The molecule has 0 saturated carbocycles. The third-order valence-electron chi connectivity index (χ3n) is 4.79. The summed E-state index contributed by atoms with van der Waals surface area (Å²) < 4.78 is 29.4. The minimum Gasteiger partial charge on any atom is -0.497 e. The van der Waals surface area contributed by atoms with Crippen LogP contribution in [0.25, 0.3) is 11.5 Å². The summed E-state index contributed by atoms with van der Waals surface area (Å²) in [5, 5.41) is 4.01. The molecule has 2 heterocycles. The first-order chi connectivity index (χ1) is 14.0. The largest absolute Gasteiger partial charge is 0.497 e. The van der Waals surface area contributed by atoms with Crippen molar-refractivity contribution in [1.82, 2.24) is 10.1 Å². The predicted octanol–water partition coefficient (Wildman–Crippen LogP) is 4.07. The fourth-order valence-electron chi connectivity index (χ4n) is 3.27. The van der Waals surface area contributed by atoms with Crippen LogP contribution in [0.1, 0.15) is 18.2 Å². The molecule has 0 bridgehead atoms. The van der Waals surface area contributed by atoms with Gasteiger partial charge in [0.2, 0.25) is 5.91 Å². The Hall–Kier alpha value is -3.13. The Kier molecular flexibility index (Phi) is 5.10. The number of benzene rings is 2. The van der Waals surface area contributed by atoms with Gasteiger partial charge in [0.15, 0.2) is 5.82 Å². The highest BCUT2D eigenvalue weighted by Crippen LogP contribution is 2.35. The molecule has 0 radical (unpaired) electrons. The SMILES string of the molecule is COc1ccc(-c2nc([C@@H]3CC(=O)N(c4ccc(F)c(Cl)c4)C3)no2)c(OC)c1. The van der Waals surface area contributed by atoms with Gasteiger partial charge in [-0.25, -0.2) is 4.39 Å². The maximum Gasteiger partial charge on any atom is 0.261 e. The molecule has 29 heavy (non-hydrogen) atoms. The molecule has 1 saturated heterocycles. The summed E-state index contributed by atoms with van der Waals surface area (Å²) in [6, 6.07) is 9.44. The van der Waals surface area contributed by atoms with Crippen LogP contribution in [-0.2, 0) is 4.79 Å². The van der Waals surface area contributed by atoms with E-state index < -0.39 is 5.82 Å². The van der Waals surface area contributed by atoms with Crippen molar-refractivity contribution in [3.63, 3.8) is 0 Å². The summed E-state index contributed by atoms with van der Waals surface area (Å²) >= 11 is 5.84. The van der Waals surface area contributed by atoms with Crippen molar-refractivity contribution < 1.29 is 23.2 Å². The number of rotatable bonds is 5. The van der Waals surface area contributed by atoms with Crippen molar-refractivity contribution in [2.75, 3.05) is 25.7 Å². The summed E-state index contributed by atoms with van der Waals surface area (Å²) in [7, 11) is 3.10. The molecular weight excluding hydrogens is 401 g/mol. The third-order valence-corrected chi connectivity index (χ3v) is 5.08. The summed E-state index contributed by atoms with van der Waals surface area (Å²) in [5.74, 6) is 0.969. The number of anilines is 1. The zero-order valence-electron chi connectivity index (χ0n) is 15.7. The van der Waals surface area contributed by atoms with Crippen molar-refractivity contribution in [2.45, 2.75) is 12.3 Å². The molecule has 1 fully saturated rings. The molecule has 0 aliphatic carbocycles. The van der Waals surface area contributed by atoms with Crippen molar-refractivity contribution in [3.05, 3.63) is 53.1 Å². The molecule has 0 unspecified atom stereocenters. The Morgan fingerprint density at radius 2 is 2.03 bits per heavy atom. The lowest BCUT2D eigenvalue weighted by Gasteiger charge is -2.16. The molecular formula is C20H17ClFN3O4. The maximum absolute atomic E-state index is 13.4. The molecule has 1 aliphatic heterocycles. The van der Waals surface area contributed by atoms with E-state index in [0.717, 1.165) is 0 Å². The van der Waals surface area contributed by atoms with Crippen LogP contribution >= 0.6 is 11.6 Å². The second-order valence-electron chi connectivity index (χ2n) is 6.53. The number of methoxy groups -OCH3 is 2. The zero-order chi connectivity index (χ0) is 20.5. The van der Waals surface area contributed by atoms with Crippen LogP contribution in [-0.4, -0.2) is 36.8 Å². The molecule has 1 atom stereocenters. The van der Waals surface area contributed by atoms with Gasteiger partial charge in [-0.2, -0.15) is 4.98 Å². The highest BCUT2D eigenvalue weighted by Gasteiger charge is 2.35. The van der Waals surface area contributed by atoms with Gasteiger partial charge in [0.25, 0.3) is 5.89 Å². The van der Waals surface area contributed by atoms with Gasteiger partial charge in [-0.15, -0.1) is 0 Å². The number of nitrogens with zero attached hydrogens (tertiary/aromatic N) is 3. The summed E-state index contributed by atoms with van der Waals surface area (Å²) in [6.07, 6.45) is 0.216. The normalized spacial score (nSPS) is 16.3. The Balaban J connectivity index is 1.57. The van der Waals surface area contributed by atoms with Crippen LogP contribution in [0.4, 0.5) is 10.1 Å². The van der Waals surface area contributed by atoms with Crippen molar-refractivity contribution in [1.29, 1.82) is 0 Å².